The van der Waals surface area contributed by atoms with E-state index in [1.54, 1.807) is 0 Å². The number of hydrogen-bond acceptors (Lipinski definition) is 3. The first-order chi connectivity index (χ1) is 7.64. The van der Waals surface area contributed by atoms with Crippen LogP contribution in [0.25, 0.3) is 0 Å². The maximum atomic E-state index is 9.20. The first kappa shape index (κ1) is 15.9. The first-order valence-electron chi connectivity index (χ1n) is 6.50. The molecule has 0 spiro atoms. The fourth-order valence-electron chi connectivity index (χ4n) is 1.90. The second-order valence-corrected chi connectivity index (χ2v) is 4.66. The molecular weight excluding hydrogens is 204 g/mol. The van der Waals surface area contributed by atoms with Crippen LogP contribution < -0.4 is 0 Å². The fourth-order valence-corrected chi connectivity index (χ4v) is 1.90. The Morgan fingerprint density at radius 2 is 1.81 bits per heavy atom. The molecule has 0 saturated heterocycles. The van der Waals surface area contributed by atoms with E-state index in [1.807, 2.05) is 0 Å². The summed E-state index contributed by atoms with van der Waals surface area (Å²) >= 11 is 0. The molecule has 1 unspecified atom stereocenters. The van der Waals surface area contributed by atoms with Crippen molar-refractivity contribution in [3.05, 3.63) is 0 Å². The third-order valence-corrected chi connectivity index (χ3v) is 3.49. The van der Waals surface area contributed by atoms with Crippen LogP contribution in [0.3, 0.4) is 0 Å². The summed E-state index contributed by atoms with van der Waals surface area (Å²) in [7, 11) is 0. The normalized spacial score (nSPS) is 14.1. The molecule has 0 aromatic heterocycles. The molecule has 3 nitrogen and oxygen atoms in total. The molecule has 0 fully saturated rings. The third-order valence-electron chi connectivity index (χ3n) is 3.49. The van der Waals surface area contributed by atoms with Gasteiger partial charge in [0.25, 0.3) is 0 Å². The molecule has 3 heteroatoms. The lowest BCUT2D eigenvalue weighted by Gasteiger charge is -2.31. The standard InChI is InChI=1S/C13H28O3/c1-4-7-8-13(5-2,6-3)11-16-10-12(15)9-14/h12,14-15H,4-11H2,1-3H3. The maximum Gasteiger partial charge on any atom is 0.100 e. The van der Waals surface area contributed by atoms with E-state index in [2.05, 4.69) is 20.8 Å². The van der Waals surface area contributed by atoms with Gasteiger partial charge in [0.2, 0.25) is 0 Å². The number of rotatable bonds is 10. The van der Waals surface area contributed by atoms with E-state index >= 15 is 0 Å². The lowest BCUT2D eigenvalue weighted by Crippen LogP contribution is -2.29. The Hall–Kier alpha value is -0.120. The summed E-state index contributed by atoms with van der Waals surface area (Å²) < 4.78 is 5.52. The van der Waals surface area contributed by atoms with Gasteiger partial charge in [0.15, 0.2) is 0 Å². The quantitative estimate of drug-likeness (QED) is 0.608. The molecule has 0 heterocycles. The summed E-state index contributed by atoms with van der Waals surface area (Å²) in [5.41, 5.74) is 0.255. The SMILES string of the molecule is CCCCC(CC)(CC)COCC(O)CO. The Morgan fingerprint density at radius 3 is 2.25 bits per heavy atom. The van der Waals surface area contributed by atoms with E-state index < -0.39 is 6.10 Å². The molecule has 2 N–H and O–H groups in total. The van der Waals surface area contributed by atoms with E-state index in [0.29, 0.717) is 6.61 Å². The molecule has 0 aliphatic rings. The molecule has 16 heavy (non-hydrogen) atoms. The predicted octanol–water partition coefficient (Wildman–Crippen LogP) is 2.35. The van der Waals surface area contributed by atoms with E-state index in [1.165, 1.54) is 19.3 Å². The zero-order chi connectivity index (χ0) is 12.4. The monoisotopic (exact) mass is 232 g/mol. The fraction of sp³-hybridized carbons (Fsp3) is 1.00. The minimum atomic E-state index is -0.738. The molecule has 0 bridgehead atoms. The van der Waals surface area contributed by atoms with Crippen molar-refractivity contribution in [2.24, 2.45) is 5.41 Å². The van der Waals surface area contributed by atoms with Crippen LogP contribution in [0.1, 0.15) is 52.9 Å². The van der Waals surface area contributed by atoms with Gasteiger partial charge in [0.05, 0.1) is 19.8 Å². The number of hydrogen-bond donors (Lipinski definition) is 2. The Kier molecular flexibility index (Phi) is 8.90. The largest absolute Gasteiger partial charge is 0.394 e. The molecule has 0 aliphatic carbocycles. The van der Waals surface area contributed by atoms with Crippen molar-refractivity contribution in [3.63, 3.8) is 0 Å². The summed E-state index contributed by atoms with van der Waals surface area (Å²) in [6, 6.07) is 0. The van der Waals surface area contributed by atoms with Gasteiger partial charge in [-0.3, -0.25) is 0 Å². The predicted molar refractivity (Wildman–Crippen MR) is 66.5 cm³/mol. The van der Waals surface area contributed by atoms with Crippen LogP contribution in [-0.2, 0) is 4.74 Å². The van der Waals surface area contributed by atoms with Crippen molar-refractivity contribution < 1.29 is 14.9 Å². The van der Waals surface area contributed by atoms with E-state index in [4.69, 9.17) is 9.84 Å². The highest BCUT2D eigenvalue weighted by atomic mass is 16.5. The second kappa shape index (κ2) is 8.97. The Balaban J connectivity index is 4.00. The highest BCUT2D eigenvalue weighted by Crippen LogP contribution is 2.32. The van der Waals surface area contributed by atoms with Gasteiger partial charge in [-0.05, 0) is 24.7 Å². The Morgan fingerprint density at radius 1 is 1.19 bits per heavy atom. The Labute approximate surface area is 99.8 Å². The summed E-state index contributed by atoms with van der Waals surface area (Å²) in [6.07, 6.45) is 5.11. The summed E-state index contributed by atoms with van der Waals surface area (Å²) in [5.74, 6) is 0. The lowest BCUT2D eigenvalue weighted by atomic mass is 9.78. The number of aliphatic hydroxyl groups excluding tert-OH is 2. The van der Waals surface area contributed by atoms with Gasteiger partial charge in [-0.25, -0.2) is 0 Å². The van der Waals surface area contributed by atoms with Gasteiger partial charge < -0.3 is 14.9 Å². The van der Waals surface area contributed by atoms with Crippen molar-refractivity contribution >= 4 is 0 Å². The van der Waals surface area contributed by atoms with Crippen LogP contribution in [0, 0.1) is 5.41 Å². The van der Waals surface area contributed by atoms with Gasteiger partial charge in [0, 0.05) is 0 Å². The van der Waals surface area contributed by atoms with E-state index in [9.17, 15) is 5.11 Å². The van der Waals surface area contributed by atoms with Crippen LogP contribution in [0.4, 0.5) is 0 Å². The lowest BCUT2D eigenvalue weighted by molar-refractivity contribution is -0.0307. The van der Waals surface area contributed by atoms with Crippen LogP contribution in [-0.4, -0.2) is 36.1 Å². The smallest absolute Gasteiger partial charge is 0.100 e. The van der Waals surface area contributed by atoms with Crippen molar-refractivity contribution in [3.8, 4) is 0 Å². The molecule has 0 aromatic carbocycles. The molecule has 1 atom stereocenters. The number of aliphatic hydroxyl groups is 2. The van der Waals surface area contributed by atoms with Crippen LogP contribution in [0.15, 0.2) is 0 Å². The van der Waals surface area contributed by atoms with Crippen LogP contribution in [0.5, 0.6) is 0 Å². The van der Waals surface area contributed by atoms with Crippen LogP contribution in [0.2, 0.25) is 0 Å². The molecule has 0 aliphatic heterocycles. The number of unbranched alkanes of at least 4 members (excludes halogenated alkanes) is 1. The summed E-state index contributed by atoms with van der Waals surface area (Å²) in [5, 5.41) is 17.9. The van der Waals surface area contributed by atoms with Gasteiger partial charge in [0.1, 0.15) is 6.10 Å². The maximum absolute atomic E-state index is 9.20. The van der Waals surface area contributed by atoms with Gasteiger partial charge in [-0.2, -0.15) is 0 Å². The average molecular weight is 232 g/mol. The summed E-state index contributed by atoms with van der Waals surface area (Å²) in [4.78, 5) is 0. The average Bonchev–Trinajstić information content (AvgIpc) is 2.33. The molecule has 0 rings (SSSR count). The molecule has 98 valence electrons. The van der Waals surface area contributed by atoms with Gasteiger partial charge in [-0.1, -0.05) is 33.6 Å². The molecule has 0 saturated carbocycles. The third kappa shape index (κ3) is 5.83. The zero-order valence-electron chi connectivity index (χ0n) is 11.0. The zero-order valence-corrected chi connectivity index (χ0v) is 11.0. The van der Waals surface area contributed by atoms with Gasteiger partial charge >= 0.3 is 0 Å². The van der Waals surface area contributed by atoms with E-state index in [0.717, 1.165) is 12.8 Å². The Bertz CT molecular complexity index is 155. The minimum absolute atomic E-state index is 0.222. The second-order valence-electron chi connectivity index (χ2n) is 4.66. The summed E-state index contributed by atoms with van der Waals surface area (Å²) in [6.45, 7) is 7.31. The van der Waals surface area contributed by atoms with E-state index in [-0.39, 0.29) is 18.6 Å². The van der Waals surface area contributed by atoms with Crippen LogP contribution >= 0.6 is 0 Å². The molecular formula is C13H28O3. The molecule has 0 radical (unpaired) electrons. The van der Waals surface area contributed by atoms with Crippen molar-refractivity contribution in [2.75, 3.05) is 19.8 Å². The number of ether oxygens (including phenoxy) is 1. The first-order valence-corrected chi connectivity index (χ1v) is 6.50. The highest BCUT2D eigenvalue weighted by molar-refractivity contribution is 4.76. The van der Waals surface area contributed by atoms with Crippen molar-refractivity contribution in [1.29, 1.82) is 0 Å². The van der Waals surface area contributed by atoms with Crippen molar-refractivity contribution in [1.82, 2.24) is 0 Å². The minimum Gasteiger partial charge on any atom is -0.394 e. The molecule has 0 aromatic rings. The van der Waals surface area contributed by atoms with Gasteiger partial charge in [-0.15, -0.1) is 0 Å². The topological polar surface area (TPSA) is 49.7 Å². The highest BCUT2D eigenvalue weighted by Gasteiger charge is 2.25. The van der Waals surface area contributed by atoms with Crippen molar-refractivity contribution in [2.45, 2.75) is 59.0 Å². The molecule has 0 amide bonds.